The predicted molar refractivity (Wildman–Crippen MR) is 104 cm³/mol. The molecule has 0 saturated carbocycles. The first kappa shape index (κ1) is 18.7. The first-order chi connectivity index (χ1) is 11.3. The molecule has 2 rings (SSSR count). The number of anilines is 1. The van der Waals surface area contributed by atoms with Gasteiger partial charge in [-0.25, -0.2) is 4.39 Å². The molecule has 2 aromatic rings. The Hall–Kier alpha value is -1.65. The van der Waals surface area contributed by atoms with Crippen LogP contribution in [0, 0.1) is 5.82 Å². The van der Waals surface area contributed by atoms with Gasteiger partial charge in [0.05, 0.1) is 5.02 Å². The third-order valence-electron chi connectivity index (χ3n) is 3.93. The molecule has 128 valence electrons. The highest BCUT2D eigenvalue weighted by atomic mass is 35.5. The van der Waals surface area contributed by atoms with Crippen molar-refractivity contribution in [2.24, 2.45) is 0 Å². The fourth-order valence-electron chi connectivity index (χ4n) is 2.79. The van der Waals surface area contributed by atoms with E-state index in [-0.39, 0.29) is 16.5 Å². The first-order valence-corrected chi connectivity index (χ1v) is 8.64. The van der Waals surface area contributed by atoms with Crippen molar-refractivity contribution in [3.05, 3.63) is 64.9 Å². The molecule has 24 heavy (non-hydrogen) atoms. The van der Waals surface area contributed by atoms with Gasteiger partial charge < -0.3 is 10.6 Å². The summed E-state index contributed by atoms with van der Waals surface area (Å²) in [5.41, 5.74) is 1.99. The van der Waals surface area contributed by atoms with Gasteiger partial charge in [-0.3, -0.25) is 0 Å². The van der Waals surface area contributed by atoms with Gasteiger partial charge in [0.2, 0.25) is 0 Å². The molecule has 2 N–H and O–H groups in total. The molecule has 0 spiro atoms. The fraction of sp³-hybridized carbons (Fsp3) is 0.316. The van der Waals surface area contributed by atoms with Crippen molar-refractivity contribution >= 4 is 34.6 Å². The molecule has 0 radical (unpaired) electrons. The molecule has 0 amide bonds. The molecular formula is C19H22ClFN2S. The van der Waals surface area contributed by atoms with E-state index in [1.165, 1.54) is 17.7 Å². The molecule has 5 heteroatoms. The van der Waals surface area contributed by atoms with Crippen molar-refractivity contribution in [3.63, 3.8) is 0 Å². The van der Waals surface area contributed by atoms with Crippen LogP contribution in [-0.4, -0.2) is 11.2 Å². The third-order valence-corrected chi connectivity index (χ3v) is 4.44. The maximum atomic E-state index is 13.2. The van der Waals surface area contributed by atoms with Gasteiger partial charge in [-0.1, -0.05) is 55.8 Å². The number of hydrogen-bond acceptors (Lipinski definition) is 1. The van der Waals surface area contributed by atoms with Crippen LogP contribution >= 0.6 is 23.8 Å². The van der Waals surface area contributed by atoms with E-state index in [1.54, 1.807) is 6.07 Å². The Labute approximate surface area is 153 Å². The van der Waals surface area contributed by atoms with Gasteiger partial charge in [-0.2, -0.15) is 0 Å². The second-order valence-electron chi connectivity index (χ2n) is 6.58. The second-order valence-corrected chi connectivity index (χ2v) is 7.40. The van der Waals surface area contributed by atoms with Crippen LogP contribution in [0.3, 0.4) is 0 Å². The highest BCUT2D eigenvalue weighted by molar-refractivity contribution is 7.80. The van der Waals surface area contributed by atoms with Crippen LogP contribution in [0.4, 0.5) is 10.1 Å². The van der Waals surface area contributed by atoms with Gasteiger partial charge in [-0.05, 0) is 54.7 Å². The van der Waals surface area contributed by atoms with Crippen LogP contribution in [0.2, 0.25) is 5.02 Å². The van der Waals surface area contributed by atoms with Gasteiger partial charge in [0.15, 0.2) is 5.11 Å². The van der Waals surface area contributed by atoms with E-state index in [4.69, 9.17) is 23.8 Å². The zero-order chi connectivity index (χ0) is 17.7. The maximum absolute atomic E-state index is 13.2. The van der Waals surface area contributed by atoms with E-state index in [1.807, 2.05) is 6.07 Å². The Morgan fingerprint density at radius 2 is 1.88 bits per heavy atom. The van der Waals surface area contributed by atoms with E-state index < -0.39 is 5.82 Å². The lowest BCUT2D eigenvalue weighted by Crippen LogP contribution is -2.39. The molecule has 0 saturated heterocycles. The van der Waals surface area contributed by atoms with E-state index >= 15 is 0 Å². The smallest absolute Gasteiger partial charge is 0.170 e. The van der Waals surface area contributed by atoms with Gasteiger partial charge in [0.25, 0.3) is 0 Å². The lowest BCUT2D eigenvalue weighted by Gasteiger charge is -2.29. The van der Waals surface area contributed by atoms with Crippen LogP contribution in [0.1, 0.15) is 32.8 Å². The summed E-state index contributed by atoms with van der Waals surface area (Å²) in [5, 5.41) is 6.87. The Balaban J connectivity index is 1.92. The molecule has 0 aliphatic heterocycles. The number of benzene rings is 2. The predicted octanol–water partition coefficient (Wildman–Crippen LogP) is 5.52. The van der Waals surface area contributed by atoms with Gasteiger partial charge in [0.1, 0.15) is 5.82 Å². The SMILES string of the molecule is C[C@@H](CC(C)(C)c1ccccc1)NC(=S)Nc1ccc(F)c(Cl)c1. The zero-order valence-electron chi connectivity index (χ0n) is 14.1. The van der Waals surface area contributed by atoms with Crippen LogP contribution in [0.25, 0.3) is 0 Å². The summed E-state index contributed by atoms with van der Waals surface area (Å²) in [7, 11) is 0. The molecule has 0 unspecified atom stereocenters. The summed E-state index contributed by atoms with van der Waals surface area (Å²) in [4.78, 5) is 0. The van der Waals surface area contributed by atoms with Crippen molar-refractivity contribution < 1.29 is 4.39 Å². The first-order valence-electron chi connectivity index (χ1n) is 7.86. The minimum absolute atomic E-state index is 0.0302. The molecule has 2 aromatic carbocycles. The van der Waals surface area contributed by atoms with Crippen LogP contribution in [-0.2, 0) is 5.41 Å². The second kappa shape index (κ2) is 7.95. The lowest BCUT2D eigenvalue weighted by molar-refractivity contribution is 0.420. The summed E-state index contributed by atoms with van der Waals surface area (Å²) < 4.78 is 13.2. The van der Waals surface area contributed by atoms with Gasteiger partial charge in [-0.15, -0.1) is 0 Å². The Bertz CT molecular complexity index is 704. The van der Waals surface area contributed by atoms with Gasteiger partial charge >= 0.3 is 0 Å². The minimum Gasteiger partial charge on any atom is -0.360 e. The largest absolute Gasteiger partial charge is 0.360 e. The molecule has 0 aliphatic rings. The van der Waals surface area contributed by atoms with E-state index in [0.29, 0.717) is 10.8 Å². The number of nitrogens with one attached hydrogen (secondary N) is 2. The minimum atomic E-state index is -0.445. The zero-order valence-corrected chi connectivity index (χ0v) is 15.6. The van der Waals surface area contributed by atoms with Crippen molar-refractivity contribution in [2.75, 3.05) is 5.32 Å². The quantitative estimate of drug-likeness (QED) is 0.683. The fourth-order valence-corrected chi connectivity index (χ4v) is 3.29. The Morgan fingerprint density at radius 1 is 1.21 bits per heavy atom. The Morgan fingerprint density at radius 3 is 2.50 bits per heavy atom. The van der Waals surface area contributed by atoms with Crippen molar-refractivity contribution in [3.8, 4) is 0 Å². The normalized spacial score (nSPS) is 12.5. The monoisotopic (exact) mass is 364 g/mol. The molecule has 1 atom stereocenters. The van der Waals surface area contributed by atoms with E-state index in [0.717, 1.165) is 6.42 Å². The summed E-state index contributed by atoms with van der Waals surface area (Å²) >= 11 is 11.1. The third kappa shape index (κ3) is 5.18. The van der Waals surface area contributed by atoms with Crippen LogP contribution in [0.5, 0.6) is 0 Å². The molecule has 0 aromatic heterocycles. The topological polar surface area (TPSA) is 24.1 Å². The van der Waals surface area contributed by atoms with Crippen LogP contribution < -0.4 is 10.6 Å². The molecule has 0 bridgehead atoms. The summed E-state index contributed by atoms with van der Waals surface area (Å²) in [5.74, 6) is -0.445. The average Bonchev–Trinajstić information content (AvgIpc) is 2.51. The van der Waals surface area contributed by atoms with Gasteiger partial charge in [0, 0.05) is 11.7 Å². The summed E-state index contributed by atoms with van der Waals surface area (Å²) in [6.07, 6.45) is 0.920. The van der Waals surface area contributed by atoms with Crippen molar-refractivity contribution in [1.82, 2.24) is 5.32 Å². The molecule has 0 fully saturated rings. The van der Waals surface area contributed by atoms with E-state index in [2.05, 4.69) is 55.7 Å². The number of halogens is 2. The number of thiocarbonyl (C=S) groups is 1. The average molecular weight is 365 g/mol. The summed E-state index contributed by atoms with van der Waals surface area (Å²) in [6.45, 7) is 6.53. The highest BCUT2D eigenvalue weighted by Gasteiger charge is 2.23. The number of hydrogen-bond donors (Lipinski definition) is 2. The summed E-state index contributed by atoms with van der Waals surface area (Å²) in [6, 6.07) is 15.0. The standard InChI is InChI=1S/C19H22ClFN2S/c1-13(12-19(2,3)14-7-5-4-6-8-14)22-18(24)23-15-9-10-17(21)16(20)11-15/h4-11,13H,12H2,1-3H3,(H2,22,23,24)/t13-/m0/s1. The maximum Gasteiger partial charge on any atom is 0.170 e. The van der Waals surface area contributed by atoms with E-state index in [9.17, 15) is 4.39 Å². The number of rotatable bonds is 5. The highest BCUT2D eigenvalue weighted by Crippen LogP contribution is 2.28. The lowest BCUT2D eigenvalue weighted by atomic mass is 9.79. The van der Waals surface area contributed by atoms with Crippen molar-refractivity contribution in [1.29, 1.82) is 0 Å². The molecule has 0 aliphatic carbocycles. The molecule has 2 nitrogen and oxygen atoms in total. The Kier molecular flexibility index (Phi) is 6.19. The van der Waals surface area contributed by atoms with Crippen molar-refractivity contribution in [2.45, 2.75) is 38.6 Å². The molecule has 0 heterocycles. The molecular weight excluding hydrogens is 343 g/mol. The van der Waals surface area contributed by atoms with Crippen LogP contribution in [0.15, 0.2) is 48.5 Å².